The Morgan fingerprint density at radius 3 is 2.88 bits per heavy atom. The molecule has 0 aromatic heterocycles. The molecular weight excluding hydrogens is 200 g/mol. The summed E-state index contributed by atoms with van der Waals surface area (Å²) in [4.78, 5) is 11.2. The van der Waals surface area contributed by atoms with Gasteiger partial charge >= 0.3 is 0 Å². The third-order valence-corrected chi connectivity index (χ3v) is 2.99. The molecule has 0 atom stereocenters. The molecule has 0 radical (unpaired) electrons. The first-order valence-electron chi connectivity index (χ1n) is 5.41. The first kappa shape index (κ1) is 10.7. The highest BCUT2D eigenvalue weighted by Gasteiger charge is 2.42. The zero-order valence-electron chi connectivity index (χ0n) is 9.29. The van der Waals surface area contributed by atoms with Crippen LogP contribution in [0.15, 0.2) is 24.3 Å². The van der Waals surface area contributed by atoms with Gasteiger partial charge in [-0.1, -0.05) is 12.1 Å². The van der Waals surface area contributed by atoms with Gasteiger partial charge in [0.15, 0.2) is 5.78 Å². The topological polar surface area (TPSA) is 52.9 Å². The number of anilines is 1. The van der Waals surface area contributed by atoms with Crippen LogP contribution < -0.4 is 5.32 Å². The van der Waals surface area contributed by atoms with Crippen LogP contribution in [-0.2, 0) is 0 Å². The van der Waals surface area contributed by atoms with Gasteiger partial charge < -0.3 is 5.32 Å². The molecule has 1 aliphatic rings. The Bertz CT molecular complexity index is 455. The van der Waals surface area contributed by atoms with Crippen LogP contribution in [0.4, 0.5) is 5.69 Å². The summed E-state index contributed by atoms with van der Waals surface area (Å²) in [6, 6.07) is 9.72. The normalized spacial score (nSPS) is 16.2. The van der Waals surface area contributed by atoms with Crippen molar-refractivity contribution in [2.75, 3.05) is 11.9 Å². The number of carbonyl (C=O) groups excluding carboxylic acids is 1. The molecule has 82 valence electrons. The quantitative estimate of drug-likeness (QED) is 0.784. The first-order valence-corrected chi connectivity index (χ1v) is 5.41. The van der Waals surface area contributed by atoms with Crippen LogP contribution in [0.5, 0.6) is 0 Å². The summed E-state index contributed by atoms with van der Waals surface area (Å²) < 4.78 is 0. The van der Waals surface area contributed by atoms with Gasteiger partial charge in [0.25, 0.3) is 0 Å². The zero-order chi connectivity index (χ0) is 11.6. The van der Waals surface area contributed by atoms with E-state index < -0.39 is 0 Å². The molecule has 0 spiro atoms. The van der Waals surface area contributed by atoms with E-state index in [4.69, 9.17) is 5.26 Å². The molecule has 0 amide bonds. The highest BCUT2D eigenvalue weighted by atomic mass is 16.1. The minimum Gasteiger partial charge on any atom is -0.383 e. The van der Waals surface area contributed by atoms with Gasteiger partial charge in [-0.3, -0.25) is 4.79 Å². The second kappa shape index (κ2) is 3.97. The fraction of sp³-hybridized carbons (Fsp3) is 0.385. The molecule has 1 aromatic rings. The Labute approximate surface area is 95.1 Å². The van der Waals surface area contributed by atoms with Gasteiger partial charge in [-0.15, -0.1) is 0 Å². The van der Waals surface area contributed by atoms with Crippen LogP contribution in [0.1, 0.15) is 30.1 Å². The molecule has 1 fully saturated rings. The molecule has 0 unspecified atom stereocenters. The number of benzene rings is 1. The number of ketones is 1. The summed E-state index contributed by atoms with van der Waals surface area (Å²) in [7, 11) is 0. The van der Waals surface area contributed by atoms with Gasteiger partial charge in [0, 0.05) is 17.8 Å². The number of carbonyl (C=O) groups is 1. The Morgan fingerprint density at radius 1 is 1.56 bits per heavy atom. The van der Waals surface area contributed by atoms with Crippen molar-refractivity contribution in [1.29, 1.82) is 5.26 Å². The summed E-state index contributed by atoms with van der Waals surface area (Å²) in [5, 5.41) is 12.2. The Kier molecular flexibility index (Phi) is 2.66. The molecule has 0 aliphatic heterocycles. The average Bonchev–Trinajstić information content (AvgIpc) is 3.07. The highest BCUT2D eigenvalue weighted by molar-refractivity contribution is 5.94. The SMILES string of the molecule is CC(=O)c1cccc(NCC2(C#N)CC2)c1. The smallest absolute Gasteiger partial charge is 0.159 e. The standard InChI is InChI=1S/C13H14N2O/c1-10(16)11-3-2-4-12(7-11)15-9-13(8-14)5-6-13/h2-4,7,15H,5-6,9H2,1H3. The van der Waals surface area contributed by atoms with Crippen molar-refractivity contribution in [3.05, 3.63) is 29.8 Å². The molecule has 0 heterocycles. The van der Waals surface area contributed by atoms with Gasteiger partial charge in [0.1, 0.15) is 0 Å². The highest BCUT2D eigenvalue weighted by Crippen LogP contribution is 2.44. The lowest BCUT2D eigenvalue weighted by Crippen LogP contribution is -2.13. The maximum Gasteiger partial charge on any atom is 0.159 e. The van der Waals surface area contributed by atoms with Gasteiger partial charge in [-0.2, -0.15) is 5.26 Å². The van der Waals surface area contributed by atoms with Crippen molar-refractivity contribution in [3.8, 4) is 6.07 Å². The van der Waals surface area contributed by atoms with E-state index in [0.717, 1.165) is 18.5 Å². The van der Waals surface area contributed by atoms with Gasteiger partial charge in [-0.05, 0) is 31.9 Å². The van der Waals surface area contributed by atoms with E-state index in [0.29, 0.717) is 12.1 Å². The van der Waals surface area contributed by atoms with Crippen LogP contribution in [0.25, 0.3) is 0 Å². The van der Waals surface area contributed by atoms with E-state index in [1.807, 2.05) is 18.2 Å². The lowest BCUT2D eigenvalue weighted by atomic mass is 10.1. The molecule has 3 heteroatoms. The minimum absolute atomic E-state index is 0.0602. The summed E-state index contributed by atoms with van der Waals surface area (Å²) in [6.07, 6.45) is 1.95. The lowest BCUT2D eigenvalue weighted by molar-refractivity contribution is 0.101. The van der Waals surface area contributed by atoms with Crippen molar-refractivity contribution in [3.63, 3.8) is 0 Å². The van der Waals surface area contributed by atoms with Crippen LogP contribution in [0, 0.1) is 16.7 Å². The molecule has 1 aliphatic carbocycles. The van der Waals surface area contributed by atoms with Crippen molar-refractivity contribution in [1.82, 2.24) is 0 Å². The molecule has 2 rings (SSSR count). The van der Waals surface area contributed by atoms with Crippen molar-refractivity contribution in [2.24, 2.45) is 5.41 Å². The van der Waals surface area contributed by atoms with Crippen molar-refractivity contribution >= 4 is 11.5 Å². The first-order chi connectivity index (χ1) is 7.65. The van der Waals surface area contributed by atoms with Crippen LogP contribution in [0.3, 0.4) is 0 Å². The second-order valence-electron chi connectivity index (χ2n) is 4.38. The Morgan fingerprint density at radius 2 is 2.31 bits per heavy atom. The Hall–Kier alpha value is -1.82. The average molecular weight is 214 g/mol. The number of nitriles is 1. The fourth-order valence-electron chi connectivity index (χ4n) is 1.60. The molecule has 1 saturated carbocycles. The second-order valence-corrected chi connectivity index (χ2v) is 4.38. The molecule has 1 N–H and O–H groups in total. The third-order valence-electron chi connectivity index (χ3n) is 2.99. The molecular formula is C13H14N2O. The van der Waals surface area contributed by atoms with Crippen LogP contribution in [-0.4, -0.2) is 12.3 Å². The number of hydrogen-bond donors (Lipinski definition) is 1. The molecule has 0 saturated heterocycles. The maximum absolute atomic E-state index is 11.2. The fourth-order valence-corrected chi connectivity index (χ4v) is 1.60. The van der Waals surface area contributed by atoms with Crippen LogP contribution in [0.2, 0.25) is 0 Å². The van der Waals surface area contributed by atoms with Crippen molar-refractivity contribution < 1.29 is 4.79 Å². The summed E-state index contributed by atoms with van der Waals surface area (Å²) in [5.41, 5.74) is 1.45. The van der Waals surface area contributed by atoms with E-state index in [-0.39, 0.29) is 11.2 Å². The van der Waals surface area contributed by atoms with Gasteiger partial charge in [0.2, 0.25) is 0 Å². The predicted octanol–water partition coefficient (Wildman–Crippen LogP) is 2.60. The van der Waals surface area contributed by atoms with E-state index >= 15 is 0 Å². The Balaban J connectivity index is 2.02. The molecule has 0 bridgehead atoms. The number of hydrogen-bond acceptors (Lipinski definition) is 3. The van der Waals surface area contributed by atoms with Gasteiger partial charge in [-0.25, -0.2) is 0 Å². The molecule has 1 aromatic carbocycles. The third kappa shape index (κ3) is 2.22. The van der Waals surface area contributed by atoms with E-state index in [1.165, 1.54) is 0 Å². The van der Waals surface area contributed by atoms with Crippen molar-refractivity contribution in [2.45, 2.75) is 19.8 Å². The van der Waals surface area contributed by atoms with E-state index in [2.05, 4.69) is 11.4 Å². The minimum atomic E-state index is -0.160. The van der Waals surface area contributed by atoms with E-state index in [1.54, 1.807) is 13.0 Å². The van der Waals surface area contributed by atoms with E-state index in [9.17, 15) is 4.79 Å². The molecule has 3 nitrogen and oxygen atoms in total. The largest absolute Gasteiger partial charge is 0.383 e. The predicted molar refractivity (Wildman–Crippen MR) is 62.2 cm³/mol. The number of nitrogens with zero attached hydrogens (tertiary/aromatic N) is 1. The monoisotopic (exact) mass is 214 g/mol. The summed E-state index contributed by atoms with van der Waals surface area (Å²) in [5.74, 6) is 0.0602. The van der Waals surface area contributed by atoms with Crippen LogP contribution >= 0.6 is 0 Å². The zero-order valence-corrected chi connectivity index (χ0v) is 9.29. The summed E-state index contributed by atoms with van der Waals surface area (Å²) in [6.45, 7) is 2.22. The molecule has 16 heavy (non-hydrogen) atoms. The summed E-state index contributed by atoms with van der Waals surface area (Å²) >= 11 is 0. The lowest BCUT2D eigenvalue weighted by Gasteiger charge is -2.10. The maximum atomic E-state index is 11.2. The number of rotatable bonds is 4. The van der Waals surface area contributed by atoms with Gasteiger partial charge in [0.05, 0.1) is 11.5 Å². The number of Topliss-reactive ketones (excluding diaryl/α,β-unsaturated/α-hetero) is 1. The number of nitrogens with one attached hydrogen (secondary N) is 1.